The van der Waals surface area contributed by atoms with E-state index in [0.717, 1.165) is 31.7 Å². The molecule has 4 rings (SSSR count). The third-order valence-corrected chi connectivity index (χ3v) is 6.07. The molecule has 3 heterocycles. The van der Waals surface area contributed by atoms with E-state index in [1.54, 1.807) is 24.4 Å². The number of aromatic nitrogens is 2. The summed E-state index contributed by atoms with van der Waals surface area (Å²) in [5.41, 5.74) is 10.5. The summed E-state index contributed by atoms with van der Waals surface area (Å²) < 4.78 is 14.5. The number of nitrogens with one attached hydrogen (secondary N) is 1. The first kappa shape index (κ1) is 18.4. The molecule has 1 unspecified atom stereocenters. The second-order valence-electron chi connectivity index (χ2n) is 7.73. The molecule has 0 saturated carbocycles. The number of fused-ring (bicyclic) bond motifs is 1. The van der Waals surface area contributed by atoms with E-state index in [2.05, 4.69) is 22.2 Å². The van der Waals surface area contributed by atoms with Gasteiger partial charge in [-0.25, -0.2) is 14.4 Å². The van der Waals surface area contributed by atoms with Gasteiger partial charge in [-0.15, -0.1) is 0 Å². The standard InChI is InChI=1S/C19H24ClFN6/c1-19(11-22)6-8-27(9-7-19)14-10-23-16-17(26(2)25-18(16)24-14)12-4-3-5-13(20)15(12)21/h3-5,10,17H,6-9,11,22H2,1-2H3,(H,24,25). The lowest BCUT2D eigenvalue weighted by atomic mass is 9.80. The molecule has 1 atom stereocenters. The highest BCUT2D eigenvalue weighted by Crippen LogP contribution is 2.39. The Hall–Kier alpha value is -1.96. The van der Waals surface area contributed by atoms with Crippen LogP contribution in [0, 0.1) is 11.2 Å². The first-order valence-corrected chi connectivity index (χ1v) is 9.55. The Morgan fingerprint density at radius 3 is 2.81 bits per heavy atom. The Morgan fingerprint density at radius 2 is 2.11 bits per heavy atom. The largest absolute Gasteiger partial charge is 0.355 e. The molecule has 2 aliphatic rings. The number of rotatable bonds is 3. The van der Waals surface area contributed by atoms with Gasteiger partial charge in [-0.05, 0) is 30.9 Å². The Morgan fingerprint density at radius 1 is 1.37 bits per heavy atom. The van der Waals surface area contributed by atoms with Crippen molar-refractivity contribution in [2.75, 3.05) is 37.0 Å². The third-order valence-electron chi connectivity index (χ3n) is 5.78. The van der Waals surface area contributed by atoms with Crippen molar-refractivity contribution in [3.8, 4) is 0 Å². The van der Waals surface area contributed by atoms with Crippen LogP contribution in [0.15, 0.2) is 24.4 Å². The number of benzene rings is 1. The molecule has 0 amide bonds. The molecule has 8 heteroatoms. The van der Waals surface area contributed by atoms with Crippen molar-refractivity contribution in [2.45, 2.75) is 25.8 Å². The van der Waals surface area contributed by atoms with Gasteiger partial charge in [0, 0.05) is 25.7 Å². The minimum absolute atomic E-state index is 0.107. The van der Waals surface area contributed by atoms with Gasteiger partial charge in [0.1, 0.15) is 23.4 Å². The Kier molecular flexibility index (Phi) is 4.70. The molecule has 6 nitrogen and oxygen atoms in total. The maximum absolute atomic E-state index is 14.5. The van der Waals surface area contributed by atoms with Gasteiger partial charge in [-0.1, -0.05) is 30.7 Å². The molecule has 0 radical (unpaired) electrons. The second kappa shape index (κ2) is 6.89. The van der Waals surface area contributed by atoms with Crippen LogP contribution in [0.3, 0.4) is 0 Å². The molecule has 2 aromatic rings. The second-order valence-corrected chi connectivity index (χ2v) is 8.14. The smallest absolute Gasteiger partial charge is 0.166 e. The van der Waals surface area contributed by atoms with Crippen LogP contribution < -0.4 is 16.1 Å². The Labute approximate surface area is 163 Å². The fourth-order valence-corrected chi connectivity index (χ4v) is 3.99. The maximum atomic E-state index is 14.5. The number of nitrogens with two attached hydrogens (primary N) is 1. The highest BCUT2D eigenvalue weighted by molar-refractivity contribution is 6.30. The summed E-state index contributed by atoms with van der Waals surface area (Å²) in [7, 11) is 1.85. The summed E-state index contributed by atoms with van der Waals surface area (Å²) in [6.07, 6.45) is 3.85. The zero-order valence-corrected chi connectivity index (χ0v) is 16.3. The molecule has 1 fully saturated rings. The van der Waals surface area contributed by atoms with E-state index in [0.29, 0.717) is 23.6 Å². The molecular formula is C19H24ClFN6. The maximum Gasteiger partial charge on any atom is 0.166 e. The van der Waals surface area contributed by atoms with Crippen LogP contribution in [0.25, 0.3) is 0 Å². The molecule has 3 N–H and O–H groups in total. The van der Waals surface area contributed by atoms with E-state index >= 15 is 0 Å². The van der Waals surface area contributed by atoms with Crippen LogP contribution in [-0.4, -0.2) is 41.7 Å². The monoisotopic (exact) mass is 390 g/mol. The molecule has 0 aliphatic carbocycles. The van der Waals surface area contributed by atoms with E-state index in [1.165, 1.54) is 0 Å². The van der Waals surface area contributed by atoms with Crippen molar-refractivity contribution in [2.24, 2.45) is 11.1 Å². The normalized spacial score (nSPS) is 21.8. The molecular weight excluding hydrogens is 367 g/mol. The number of nitrogens with zero attached hydrogens (tertiary/aromatic N) is 4. The minimum Gasteiger partial charge on any atom is -0.355 e. The fourth-order valence-electron chi connectivity index (χ4n) is 3.81. The van der Waals surface area contributed by atoms with Crippen molar-refractivity contribution < 1.29 is 4.39 Å². The van der Waals surface area contributed by atoms with Gasteiger partial charge in [-0.3, -0.25) is 4.98 Å². The summed E-state index contributed by atoms with van der Waals surface area (Å²) in [5, 5.41) is 1.92. The van der Waals surface area contributed by atoms with Crippen molar-refractivity contribution in [1.29, 1.82) is 0 Å². The lowest BCUT2D eigenvalue weighted by molar-refractivity contribution is 0.258. The highest BCUT2D eigenvalue weighted by atomic mass is 35.5. The topological polar surface area (TPSA) is 70.3 Å². The van der Waals surface area contributed by atoms with Gasteiger partial charge >= 0.3 is 0 Å². The van der Waals surface area contributed by atoms with E-state index in [1.807, 2.05) is 12.1 Å². The molecule has 1 aromatic carbocycles. The van der Waals surface area contributed by atoms with Gasteiger partial charge < -0.3 is 16.1 Å². The van der Waals surface area contributed by atoms with Crippen LogP contribution in [0.5, 0.6) is 0 Å². The highest BCUT2D eigenvalue weighted by Gasteiger charge is 2.35. The number of hydrazine groups is 1. The summed E-state index contributed by atoms with van der Waals surface area (Å²) in [4.78, 5) is 11.6. The minimum atomic E-state index is -0.423. The summed E-state index contributed by atoms with van der Waals surface area (Å²) >= 11 is 5.96. The van der Waals surface area contributed by atoms with Crippen LogP contribution >= 0.6 is 11.6 Å². The van der Waals surface area contributed by atoms with Gasteiger partial charge in [0.05, 0.1) is 11.2 Å². The van der Waals surface area contributed by atoms with Crippen LogP contribution in [0.2, 0.25) is 5.02 Å². The predicted molar refractivity (Wildman–Crippen MR) is 105 cm³/mol. The molecule has 2 aliphatic heterocycles. The zero-order chi connectivity index (χ0) is 19.2. The quantitative estimate of drug-likeness (QED) is 0.838. The molecule has 1 saturated heterocycles. The third kappa shape index (κ3) is 3.24. The van der Waals surface area contributed by atoms with Crippen LogP contribution in [0.4, 0.5) is 16.0 Å². The number of piperidine rings is 1. The molecule has 0 spiro atoms. The predicted octanol–water partition coefficient (Wildman–Crippen LogP) is 3.20. The lowest BCUT2D eigenvalue weighted by Crippen LogP contribution is -2.42. The molecule has 144 valence electrons. The fraction of sp³-hybridized carbons (Fsp3) is 0.474. The lowest BCUT2D eigenvalue weighted by Gasteiger charge is -2.39. The first-order valence-electron chi connectivity index (χ1n) is 9.17. The molecule has 0 bridgehead atoms. The number of hydrogen-bond acceptors (Lipinski definition) is 6. The van der Waals surface area contributed by atoms with Crippen molar-refractivity contribution in [3.05, 3.63) is 46.5 Å². The number of halogens is 2. The SMILES string of the molecule is CN1Nc2nc(N3CCC(C)(CN)CC3)cnc2C1c1cccc(Cl)c1F. The van der Waals surface area contributed by atoms with Gasteiger partial charge in [0.15, 0.2) is 5.82 Å². The van der Waals surface area contributed by atoms with E-state index in [-0.39, 0.29) is 16.5 Å². The van der Waals surface area contributed by atoms with Crippen molar-refractivity contribution in [3.63, 3.8) is 0 Å². The number of hydrogen-bond donors (Lipinski definition) is 2. The van der Waals surface area contributed by atoms with E-state index in [9.17, 15) is 4.39 Å². The van der Waals surface area contributed by atoms with Crippen LogP contribution in [-0.2, 0) is 0 Å². The Bertz CT molecular complexity index is 852. The van der Waals surface area contributed by atoms with Crippen molar-refractivity contribution in [1.82, 2.24) is 15.0 Å². The molecule has 1 aromatic heterocycles. The van der Waals surface area contributed by atoms with Crippen molar-refractivity contribution >= 4 is 23.2 Å². The Balaban J connectivity index is 1.61. The summed E-state index contributed by atoms with van der Waals surface area (Å²) in [6.45, 7) is 4.75. The average molecular weight is 391 g/mol. The van der Waals surface area contributed by atoms with E-state index < -0.39 is 5.82 Å². The zero-order valence-electron chi connectivity index (χ0n) is 15.5. The van der Waals surface area contributed by atoms with Crippen LogP contribution in [0.1, 0.15) is 37.1 Å². The molecule has 27 heavy (non-hydrogen) atoms. The van der Waals surface area contributed by atoms with E-state index in [4.69, 9.17) is 22.3 Å². The van der Waals surface area contributed by atoms with Gasteiger partial charge in [0.25, 0.3) is 0 Å². The average Bonchev–Trinajstić information content (AvgIpc) is 2.99. The van der Waals surface area contributed by atoms with Gasteiger partial charge in [-0.2, -0.15) is 0 Å². The summed E-state index contributed by atoms with van der Waals surface area (Å²) in [6, 6.07) is 4.65. The number of anilines is 2. The first-order chi connectivity index (χ1) is 12.9. The van der Waals surface area contributed by atoms with Gasteiger partial charge in [0.2, 0.25) is 0 Å². The summed E-state index contributed by atoms with van der Waals surface area (Å²) in [5.74, 6) is 1.07.